The second-order valence-electron chi connectivity index (χ2n) is 7.60. The Bertz CT molecular complexity index is 1040. The molecule has 0 aliphatic carbocycles. The van der Waals surface area contributed by atoms with Crippen LogP contribution in [0.1, 0.15) is 32.2 Å². The number of aryl methyl sites for hydroxylation is 1. The van der Waals surface area contributed by atoms with Crippen molar-refractivity contribution in [3.05, 3.63) is 63.9 Å². The Morgan fingerprint density at radius 1 is 1.10 bits per heavy atom. The number of thioether (sulfide) groups is 1. The number of nitrogens with zero attached hydrogens (tertiary/aromatic N) is 3. The zero-order chi connectivity index (χ0) is 21.2. The highest BCUT2D eigenvalue weighted by Crippen LogP contribution is 2.32. The van der Waals surface area contributed by atoms with E-state index < -0.39 is 0 Å². The first-order valence-electron chi connectivity index (χ1n) is 9.06. The van der Waals surface area contributed by atoms with Gasteiger partial charge in [0.2, 0.25) is 5.91 Å². The number of aromatic nitrogens is 3. The Morgan fingerprint density at radius 2 is 1.83 bits per heavy atom. The summed E-state index contributed by atoms with van der Waals surface area (Å²) in [6.45, 7) is 8.28. The standard InChI is InChI=1S/C21H22Cl2N4OS/c1-13-25-26-20(29-12-19(28)24-17-8-6-5-7-15(17)22)27(13)18-10-9-14(11-16(18)23)21(2,3)4/h5-11H,12H2,1-4H3,(H,24,28). The first-order valence-corrected chi connectivity index (χ1v) is 10.8. The van der Waals surface area contributed by atoms with Crippen LogP contribution in [0.3, 0.4) is 0 Å². The highest BCUT2D eigenvalue weighted by Gasteiger charge is 2.19. The van der Waals surface area contributed by atoms with E-state index in [4.69, 9.17) is 23.2 Å². The van der Waals surface area contributed by atoms with Crippen molar-refractivity contribution in [3.8, 4) is 5.69 Å². The van der Waals surface area contributed by atoms with Crippen molar-refractivity contribution in [1.29, 1.82) is 0 Å². The molecule has 29 heavy (non-hydrogen) atoms. The number of carbonyl (C=O) groups is 1. The number of amides is 1. The fraction of sp³-hybridized carbons (Fsp3) is 0.286. The van der Waals surface area contributed by atoms with Gasteiger partial charge < -0.3 is 5.32 Å². The van der Waals surface area contributed by atoms with Crippen LogP contribution in [0.5, 0.6) is 0 Å². The molecular weight excluding hydrogens is 427 g/mol. The molecule has 1 amide bonds. The minimum atomic E-state index is -0.176. The van der Waals surface area contributed by atoms with E-state index in [2.05, 4.69) is 42.4 Å². The van der Waals surface area contributed by atoms with Crippen LogP contribution in [0.4, 0.5) is 5.69 Å². The first kappa shape index (κ1) is 21.7. The number of rotatable bonds is 5. The minimum Gasteiger partial charge on any atom is -0.324 e. The van der Waals surface area contributed by atoms with Crippen LogP contribution < -0.4 is 5.32 Å². The average molecular weight is 449 g/mol. The van der Waals surface area contributed by atoms with E-state index in [1.54, 1.807) is 12.1 Å². The van der Waals surface area contributed by atoms with Gasteiger partial charge in [-0.05, 0) is 42.2 Å². The van der Waals surface area contributed by atoms with Crippen LogP contribution in [-0.4, -0.2) is 26.4 Å². The van der Waals surface area contributed by atoms with E-state index in [1.165, 1.54) is 11.8 Å². The number of hydrogen-bond donors (Lipinski definition) is 1. The van der Waals surface area contributed by atoms with Crippen LogP contribution in [0.25, 0.3) is 5.69 Å². The monoisotopic (exact) mass is 448 g/mol. The summed E-state index contributed by atoms with van der Waals surface area (Å²) in [7, 11) is 0. The van der Waals surface area contributed by atoms with Crippen molar-refractivity contribution in [2.24, 2.45) is 0 Å². The molecule has 2 aromatic carbocycles. The van der Waals surface area contributed by atoms with Crippen molar-refractivity contribution >= 4 is 46.6 Å². The molecule has 8 heteroatoms. The fourth-order valence-electron chi connectivity index (χ4n) is 2.75. The molecule has 0 unspecified atom stereocenters. The van der Waals surface area contributed by atoms with Gasteiger partial charge in [0.05, 0.1) is 27.2 Å². The van der Waals surface area contributed by atoms with Gasteiger partial charge in [-0.1, -0.05) is 73.9 Å². The van der Waals surface area contributed by atoms with E-state index in [-0.39, 0.29) is 17.1 Å². The summed E-state index contributed by atoms with van der Waals surface area (Å²) in [6, 6.07) is 13.1. The third kappa shape index (κ3) is 5.13. The molecule has 152 valence electrons. The molecule has 1 N–H and O–H groups in total. The zero-order valence-corrected chi connectivity index (χ0v) is 19.0. The van der Waals surface area contributed by atoms with Crippen molar-refractivity contribution in [2.45, 2.75) is 38.3 Å². The molecule has 0 atom stereocenters. The lowest BCUT2D eigenvalue weighted by Crippen LogP contribution is -2.15. The fourth-order valence-corrected chi connectivity index (χ4v) is 3.99. The van der Waals surface area contributed by atoms with Crippen molar-refractivity contribution in [3.63, 3.8) is 0 Å². The maximum Gasteiger partial charge on any atom is 0.234 e. The summed E-state index contributed by atoms with van der Waals surface area (Å²) in [4.78, 5) is 12.3. The minimum absolute atomic E-state index is 0.00121. The molecule has 0 saturated heterocycles. The topological polar surface area (TPSA) is 59.8 Å². The number of benzene rings is 2. The molecule has 0 spiro atoms. The summed E-state index contributed by atoms with van der Waals surface area (Å²) in [5, 5.41) is 12.9. The predicted octanol–water partition coefficient (Wildman–Crippen LogP) is 5.91. The molecule has 0 bridgehead atoms. The Morgan fingerprint density at radius 3 is 2.48 bits per heavy atom. The number of anilines is 1. The Hall–Kier alpha value is -2.02. The van der Waals surface area contributed by atoms with Crippen LogP contribution >= 0.6 is 35.0 Å². The summed E-state index contributed by atoms with van der Waals surface area (Å²) in [5.41, 5.74) is 2.51. The first-order chi connectivity index (χ1) is 13.7. The maximum atomic E-state index is 12.3. The predicted molar refractivity (Wildman–Crippen MR) is 121 cm³/mol. The number of nitrogens with one attached hydrogen (secondary N) is 1. The van der Waals surface area contributed by atoms with Gasteiger partial charge in [-0.3, -0.25) is 9.36 Å². The largest absolute Gasteiger partial charge is 0.324 e. The third-order valence-corrected chi connectivity index (χ3v) is 5.89. The van der Waals surface area contributed by atoms with Gasteiger partial charge in [-0.2, -0.15) is 0 Å². The molecule has 3 aromatic rings. The number of para-hydroxylation sites is 1. The van der Waals surface area contributed by atoms with Crippen LogP contribution in [0, 0.1) is 6.92 Å². The van der Waals surface area contributed by atoms with Crippen LogP contribution in [0.15, 0.2) is 47.6 Å². The lowest BCUT2D eigenvalue weighted by Gasteiger charge is -2.20. The second-order valence-corrected chi connectivity index (χ2v) is 9.35. The zero-order valence-electron chi connectivity index (χ0n) is 16.7. The summed E-state index contributed by atoms with van der Waals surface area (Å²) >= 11 is 14.0. The van der Waals surface area contributed by atoms with Gasteiger partial charge >= 0.3 is 0 Å². The number of halogens is 2. The Balaban J connectivity index is 1.78. The molecule has 1 heterocycles. The third-order valence-electron chi connectivity index (χ3n) is 4.33. The van der Waals surface area contributed by atoms with Gasteiger partial charge in [0.25, 0.3) is 0 Å². The Labute approximate surface area is 184 Å². The molecule has 0 aliphatic rings. The average Bonchev–Trinajstić information content (AvgIpc) is 3.01. The lowest BCUT2D eigenvalue weighted by atomic mass is 9.87. The lowest BCUT2D eigenvalue weighted by molar-refractivity contribution is -0.113. The normalized spacial score (nSPS) is 11.5. The second kappa shape index (κ2) is 8.78. The smallest absolute Gasteiger partial charge is 0.234 e. The van der Waals surface area contributed by atoms with Gasteiger partial charge in [-0.15, -0.1) is 10.2 Å². The molecular formula is C21H22Cl2N4OS. The van der Waals surface area contributed by atoms with Crippen molar-refractivity contribution in [2.75, 3.05) is 11.1 Å². The SMILES string of the molecule is Cc1nnc(SCC(=O)Nc2ccccc2Cl)n1-c1ccc(C(C)(C)C)cc1Cl. The molecule has 3 rings (SSSR count). The van der Waals surface area contributed by atoms with Crippen LogP contribution in [0.2, 0.25) is 10.0 Å². The van der Waals surface area contributed by atoms with Gasteiger partial charge in [0, 0.05) is 0 Å². The molecule has 5 nitrogen and oxygen atoms in total. The summed E-state index contributed by atoms with van der Waals surface area (Å²) < 4.78 is 1.86. The number of hydrogen-bond acceptors (Lipinski definition) is 4. The van der Waals surface area contributed by atoms with E-state index >= 15 is 0 Å². The highest BCUT2D eigenvalue weighted by molar-refractivity contribution is 7.99. The summed E-state index contributed by atoms with van der Waals surface area (Å²) in [5.74, 6) is 0.690. The van der Waals surface area contributed by atoms with Gasteiger partial charge in [0.1, 0.15) is 5.82 Å². The van der Waals surface area contributed by atoms with Crippen molar-refractivity contribution < 1.29 is 4.79 Å². The molecule has 1 aromatic heterocycles. The molecule has 0 radical (unpaired) electrons. The van der Waals surface area contributed by atoms with E-state index in [0.717, 1.165) is 11.3 Å². The van der Waals surface area contributed by atoms with Gasteiger partial charge in [0.15, 0.2) is 5.16 Å². The summed E-state index contributed by atoms with van der Waals surface area (Å²) in [6.07, 6.45) is 0. The highest BCUT2D eigenvalue weighted by atomic mass is 35.5. The molecule has 0 fully saturated rings. The molecule has 0 saturated carbocycles. The van der Waals surface area contributed by atoms with E-state index in [1.807, 2.05) is 35.8 Å². The van der Waals surface area contributed by atoms with Crippen molar-refractivity contribution in [1.82, 2.24) is 14.8 Å². The van der Waals surface area contributed by atoms with E-state index in [9.17, 15) is 4.79 Å². The van der Waals surface area contributed by atoms with Gasteiger partial charge in [-0.25, -0.2) is 0 Å². The van der Waals surface area contributed by atoms with E-state index in [0.29, 0.717) is 26.7 Å². The maximum absolute atomic E-state index is 12.3. The Kier molecular flexibility index (Phi) is 6.56. The molecule has 0 aliphatic heterocycles. The van der Waals surface area contributed by atoms with Crippen LogP contribution in [-0.2, 0) is 10.2 Å². The number of carbonyl (C=O) groups excluding carboxylic acids is 1. The quantitative estimate of drug-likeness (QED) is 0.492.